The summed E-state index contributed by atoms with van der Waals surface area (Å²) in [7, 11) is 0. The molecule has 1 aliphatic rings. The highest BCUT2D eigenvalue weighted by atomic mass is 15.2. The summed E-state index contributed by atoms with van der Waals surface area (Å²) >= 11 is 0. The molecule has 1 aromatic rings. The molecule has 1 saturated heterocycles. The summed E-state index contributed by atoms with van der Waals surface area (Å²) in [6.45, 7) is 13.5. The normalized spacial score (nSPS) is 19.6. The summed E-state index contributed by atoms with van der Waals surface area (Å²) < 4.78 is 0. The lowest BCUT2D eigenvalue weighted by Gasteiger charge is -2.27. The molecule has 0 spiro atoms. The minimum absolute atomic E-state index is 0.402. The van der Waals surface area contributed by atoms with Gasteiger partial charge in [0.05, 0.1) is 0 Å². The molecule has 3 heteroatoms. The molecule has 1 unspecified atom stereocenters. The van der Waals surface area contributed by atoms with Crippen molar-refractivity contribution in [2.75, 3.05) is 24.5 Å². The second kappa shape index (κ2) is 6.57. The van der Waals surface area contributed by atoms with Gasteiger partial charge in [0.1, 0.15) is 5.82 Å². The second-order valence-electron chi connectivity index (χ2n) is 7.00. The van der Waals surface area contributed by atoms with Crippen LogP contribution in [0.3, 0.4) is 0 Å². The summed E-state index contributed by atoms with van der Waals surface area (Å²) in [5.41, 5.74) is 1.67. The van der Waals surface area contributed by atoms with Gasteiger partial charge in [-0.25, -0.2) is 4.98 Å². The predicted octanol–water partition coefficient (Wildman–Crippen LogP) is 3.45. The first-order valence-corrected chi connectivity index (χ1v) is 7.91. The minimum Gasteiger partial charge on any atom is -0.356 e. The summed E-state index contributed by atoms with van der Waals surface area (Å²) in [4.78, 5) is 7.07. The van der Waals surface area contributed by atoms with E-state index in [1.807, 2.05) is 6.20 Å². The molecule has 1 fully saturated rings. The van der Waals surface area contributed by atoms with Crippen molar-refractivity contribution in [2.24, 2.45) is 11.3 Å². The molecule has 1 N–H and O–H groups in total. The Balaban J connectivity index is 1.91. The zero-order chi connectivity index (χ0) is 14.6. The summed E-state index contributed by atoms with van der Waals surface area (Å²) in [5.74, 6) is 1.91. The molecule has 0 aliphatic carbocycles. The van der Waals surface area contributed by atoms with Crippen molar-refractivity contribution in [3.8, 4) is 0 Å². The second-order valence-corrected chi connectivity index (χ2v) is 7.00. The fraction of sp³-hybridized carbons (Fsp3) is 0.706. The molecule has 2 rings (SSSR count). The highest BCUT2D eigenvalue weighted by Gasteiger charge is 2.32. The van der Waals surface area contributed by atoms with Crippen molar-refractivity contribution in [1.82, 2.24) is 10.3 Å². The Kier molecular flexibility index (Phi) is 5.03. The molecule has 2 heterocycles. The fourth-order valence-electron chi connectivity index (χ4n) is 2.79. The fourth-order valence-corrected chi connectivity index (χ4v) is 2.79. The maximum atomic E-state index is 4.64. The number of pyridine rings is 1. The molecule has 0 amide bonds. The van der Waals surface area contributed by atoms with E-state index in [1.54, 1.807) is 0 Å². The van der Waals surface area contributed by atoms with Gasteiger partial charge in [-0.1, -0.05) is 33.8 Å². The van der Waals surface area contributed by atoms with E-state index in [2.05, 4.69) is 55.0 Å². The molecule has 0 saturated carbocycles. The van der Waals surface area contributed by atoms with E-state index in [-0.39, 0.29) is 0 Å². The monoisotopic (exact) mass is 275 g/mol. The van der Waals surface area contributed by atoms with Crippen LogP contribution >= 0.6 is 0 Å². The first-order valence-electron chi connectivity index (χ1n) is 7.91. The lowest BCUT2D eigenvalue weighted by molar-refractivity contribution is 0.263. The van der Waals surface area contributed by atoms with Crippen molar-refractivity contribution >= 4 is 5.82 Å². The lowest BCUT2D eigenvalue weighted by atomic mass is 9.80. The Morgan fingerprint density at radius 1 is 1.35 bits per heavy atom. The average Bonchev–Trinajstić information content (AvgIpc) is 2.89. The van der Waals surface area contributed by atoms with Crippen LogP contribution < -0.4 is 10.2 Å². The number of anilines is 1. The molecule has 3 nitrogen and oxygen atoms in total. The van der Waals surface area contributed by atoms with Crippen molar-refractivity contribution in [3.05, 3.63) is 23.9 Å². The van der Waals surface area contributed by atoms with Crippen molar-refractivity contribution in [3.63, 3.8) is 0 Å². The highest BCUT2D eigenvalue weighted by Crippen LogP contribution is 2.34. The Bertz CT molecular complexity index is 405. The van der Waals surface area contributed by atoms with Gasteiger partial charge in [0.2, 0.25) is 0 Å². The molecule has 1 aromatic heterocycles. The number of hydrogen-bond acceptors (Lipinski definition) is 3. The average molecular weight is 275 g/mol. The third-order valence-electron chi connectivity index (χ3n) is 4.30. The van der Waals surface area contributed by atoms with Gasteiger partial charge in [-0.15, -0.1) is 0 Å². The molecule has 20 heavy (non-hydrogen) atoms. The summed E-state index contributed by atoms with van der Waals surface area (Å²) in [5, 5.41) is 3.41. The van der Waals surface area contributed by atoms with E-state index in [4.69, 9.17) is 0 Å². The molecular weight excluding hydrogens is 246 g/mol. The van der Waals surface area contributed by atoms with E-state index in [0.717, 1.165) is 37.9 Å². The van der Waals surface area contributed by atoms with Crippen LogP contribution in [0.25, 0.3) is 0 Å². The van der Waals surface area contributed by atoms with Gasteiger partial charge < -0.3 is 10.2 Å². The van der Waals surface area contributed by atoms with E-state index in [0.29, 0.717) is 5.41 Å². The van der Waals surface area contributed by atoms with Crippen LogP contribution in [0, 0.1) is 11.3 Å². The largest absolute Gasteiger partial charge is 0.356 e. The maximum absolute atomic E-state index is 4.64. The third-order valence-corrected chi connectivity index (χ3v) is 4.30. The Hall–Kier alpha value is -1.09. The molecule has 1 atom stereocenters. The van der Waals surface area contributed by atoms with Crippen molar-refractivity contribution in [2.45, 2.75) is 47.1 Å². The molecular formula is C17H29N3. The Morgan fingerprint density at radius 3 is 2.70 bits per heavy atom. The SMILES string of the molecule is CCCNCc1ccc(N2CCC(C(C)(C)C)C2)nc1. The first kappa shape index (κ1) is 15.3. The smallest absolute Gasteiger partial charge is 0.128 e. The lowest BCUT2D eigenvalue weighted by Crippen LogP contribution is -2.26. The van der Waals surface area contributed by atoms with Gasteiger partial charge >= 0.3 is 0 Å². The zero-order valence-corrected chi connectivity index (χ0v) is 13.4. The topological polar surface area (TPSA) is 28.2 Å². The van der Waals surface area contributed by atoms with E-state index in [1.165, 1.54) is 18.4 Å². The van der Waals surface area contributed by atoms with Crippen LogP contribution in [0.15, 0.2) is 18.3 Å². The van der Waals surface area contributed by atoms with Gasteiger partial charge in [0, 0.05) is 25.8 Å². The molecule has 1 aliphatic heterocycles. The van der Waals surface area contributed by atoms with Crippen LogP contribution in [0.4, 0.5) is 5.82 Å². The molecule has 112 valence electrons. The number of rotatable bonds is 5. The molecule has 0 radical (unpaired) electrons. The summed E-state index contributed by atoms with van der Waals surface area (Å²) in [6.07, 6.45) is 4.47. The van der Waals surface area contributed by atoms with Crippen molar-refractivity contribution in [1.29, 1.82) is 0 Å². The number of nitrogens with zero attached hydrogens (tertiary/aromatic N) is 2. The highest BCUT2D eigenvalue weighted by molar-refractivity contribution is 5.40. The third kappa shape index (κ3) is 3.95. The summed E-state index contributed by atoms with van der Waals surface area (Å²) in [6, 6.07) is 4.38. The maximum Gasteiger partial charge on any atom is 0.128 e. The Labute approximate surface area is 123 Å². The van der Waals surface area contributed by atoms with Gasteiger partial charge in [0.25, 0.3) is 0 Å². The van der Waals surface area contributed by atoms with Crippen LogP contribution in [-0.4, -0.2) is 24.6 Å². The Morgan fingerprint density at radius 2 is 2.15 bits per heavy atom. The predicted molar refractivity (Wildman–Crippen MR) is 86.0 cm³/mol. The van der Waals surface area contributed by atoms with E-state index in [9.17, 15) is 0 Å². The number of nitrogens with one attached hydrogen (secondary N) is 1. The van der Waals surface area contributed by atoms with Crippen LogP contribution in [0.5, 0.6) is 0 Å². The standard InChI is InChI=1S/C17H29N3/c1-5-9-18-11-14-6-7-16(19-12-14)20-10-8-15(13-20)17(2,3)4/h6-7,12,15,18H,5,8-11,13H2,1-4H3. The van der Waals surface area contributed by atoms with E-state index < -0.39 is 0 Å². The molecule has 0 aromatic carbocycles. The number of hydrogen-bond donors (Lipinski definition) is 1. The van der Waals surface area contributed by atoms with Gasteiger partial charge in [0.15, 0.2) is 0 Å². The van der Waals surface area contributed by atoms with Crippen LogP contribution in [0.1, 0.15) is 46.1 Å². The van der Waals surface area contributed by atoms with Gasteiger partial charge in [-0.3, -0.25) is 0 Å². The first-order chi connectivity index (χ1) is 9.50. The van der Waals surface area contributed by atoms with Gasteiger partial charge in [-0.05, 0) is 42.3 Å². The number of aromatic nitrogens is 1. The van der Waals surface area contributed by atoms with Crippen LogP contribution in [-0.2, 0) is 6.54 Å². The van der Waals surface area contributed by atoms with Crippen molar-refractivity contribution < 1.29 is 0 Å². The van der Waals surface area contributed by atoms with E-state index >= 15 is 0 Å². The zero-order valence-electron chi connectivity index (χ0n) is 13.4. The van der Waals surface area contributed by atoms with Crippen LogP contribution in [0.2, 0.25) is 0 Å². The quantitative estimate of drug-likeness (QED) is 0.834. The molecule has 0 bridgehead atoms. The van der Waals surface area contributed by atoms with Gasteiger partial charge in [-0.2, -0.15) is 0 Å². The minimum atomic E-state index is 0.402.